The van der Waals surface area contributed by atoms with Gasteiger partial charge in [0, 0.05) is 0 Å². The van der Waals surface area contributed by atoms with E-state index < -0.39 is 34.6 Å². The van der Waals surface area contributed by atoms with Gasteiger partial charge in [0.15, 0.2) is 0 Å². The maximum Gasteiger partial charge on any atom is 0.417 e. The SMILES string of the molecule is COC(=O)c1cc(O)c(C#N)cc1C(F)(F)F. The van der Waals surface area contributed by atoms with Crippen molar-refractivity contribution in [3.8, 4) is 11.8 Å². The number of nitrogens with zero attached hydrogens (tertiary/aromatic N) is 1. The lowest BCUT2D eigenvalue weighted by molar-refractivity contribution is -0.138. The number of aromatic hydroxyl groups is 1. The molecule has 90 valence electrons. The Morgan fingerprint density at radius 3 is 2.47 bits per heavy atom. The van der Waals surface area contributed by atoms with Gasteiger partial charge < -0.3 is 9.84 Å². The van der Waals surface area contributed by atoms with E-state index >= 15 is 0 Å². The van der Waals surface area contributed by atoms with E-state index in [1.165, 1.54) is 6.07 Å². The fourth-order valence-electron chi connectivity index (χ4n) is 1.19. The Hall–Kier alpha value is -2.23. The Morgan fingerprint density at radius 2 is 2.06 bits per heavy atom. The van der Waals surface area contributed by atoms with Crippen LogP contribution in [0.15, 0.2) is 12.1 Å². The molecule has 1 rings (SSSR count). The van der Waals surface area contributed by atoms with Crippen molar-refractivity contribution >= 4 is 5.97 Å². The Morgan fingerprint density at radius 1 is 1.47 bits per heavy atom. The number of rotatable bonds is 1. The largest absolute Gasteiger partial charge is 0.507 e. The molecule has 0 fully saturated rings. The van der Waals surface area contributed by atoms with Gasteiger partial charge in [0.25, 0.3) is 0 Å². The molecule has 0 saturated carbocycles. The second kappa shape index (κ2) is 4.33. The van der Waals surface area contributed by atoms with E-state index in [9.17, 15) is 23.1 Å². The highest BCUT2D eigenvalue weighted by Crippen LogP contribution is 2.35. The average molecular weight is 245 g/mol. The summed E-state index contributed by atoms with van der Waals surface area (Å²) in [5.41, 5.74) is -2.72. The Bertz CT molecular complexity index is 503. The van der Waals surface area contributed by atoms with Crippen molar-refractivity contribution in [2.24, 2.45) is 0 Å². The number of nitriles is 1. The molecule has 17 heavy (non-hydrogen) atoms. The fraction of sp³-hybridized carbons (Fsp3) is 0.200. The van der Waals surface area contributed by atoms with Gasteiger partial charge >= 0.3 is 12.1 Å². The number of hydrogen-bond acceptors (Lipinski definition) is 4. The average Bonchev–Trinajstić information content (AvgIpc) is 2.26. The second-order valence-electron chi connectivity index (χ2n) is 3.02. The highest BCUT2D eigenvalue weighted by Gasteiger charge is 2.36. The first kappa shape index (κ1) is 12.8. The first-order chi connectivity index (χ1) is 7.81. The van der Waals surface area contributed by atoms with E-state index in [0.29, 0.717) is 12.1 Å². The number of halogens is 3. The molecule has 0 atom stereocenters. The summed E-state index contributed by atoms with van der Waals surface area (Å²) < 4.78 is 42.0. The van der Waals surface area contributed by atoms with Gasteiger partial charge in [0.2, 0.25) is 0 Å². The molecule has 0 unspecified atom stereocenters. The summed E-state index contributed by atoms with van der Waals surface area (Å²) in [5.74, 6) is -1.95. The summed E-state index contributed by atoms with van der Waals surface area (Å²) in [5, 5.41) is 17.7. The lowest BCUT2D eigenvalue weighted by atomic mass is 10.0. The molecule has 0 radical (unpaired) electrons. The van der Waals surface area contributed by atoms with E-state index in [2.05, 4.69) is 4.74 Å². The van der Waals surface area contributed by atoms with Crippen molar-refractivity contribution in [2.45, 2.75) is 6.18 Å². The zero-order chi connectivity index (χ0) is 13.2. The molecule has 0 amide bonds. The van der Waals surface area contributed by atoms with Gasteiger partial charge in [-0.25, -0.2) is 4.79 Å². The van der Waals surface area contributed by atoms with Gasteiger partial charge in [-0.3, -0.25) is 0 Å². The molecule has 0 bridgehead atoms. The minimum atomic E-state index is -4.82. The summed E-state index contributed by atoms with van der Waals surface area (Å²) >= 11 is 0. The summed E-state index contributed by atoms with van der Waals surface area (Å²) in [7, 11) is 0.914. The van der Waals surface area contributed by atoms with Crippen LogP contribution in [0.25, 0.3) is 0 Å². The number of carbonyl (C=O) groups is 1. The molecule has 0 aliphatic rings. The van der Waals surface area contributed by atoms with Crippen LogP contribution in [0, 0.1) is 11.3 Å². The van der Waals surface area contributed by atoms with Crippen LogP contribution in [0.3, 0.4) is 0 Å². The topological polar surface area (TPSA) is 70.3 Å². The van der Waals surface area contributed by atoms with Crippen LogP contribution in [0.1, 0.15) is 21.5 Å². The van der Waals surface area contributed by atoms with E-state index in [1.54, 1.807) is 0 Å². The van der Waals surface area contributed by atoms with Crippen LogP contribution in [-0.2, 0) is 10.9 Å². The lowest BCUT2D eigenvalue weighted by Gasteiger charge is -2.12. The molecule has 0 spiro atoms. The van der Waals surface area contributed by atoms with Crippen molar-refractivity contribution in [3.05, 3.63) is 28.8 Å². The summed E-state index contributed by atoms with van der Waals surface area (Å²) in [6.07, 6.45) is -4.82. The summed E-state index contributed by atoms with van der Waals surface area (Å²) in [6.45, 7) is 0. The second-order valence-corrected chi connectivity index (χ2v) is 3.02. The first-order valence-corrected chi connectivity index (χ1v) is 4.24. The van der Waals surface area contributed by atoms with Crippen molar-refractivity contribution in [1.29, 1.82) is 5.26 Å². The van der Waals surface area contributed by atoms with Crippen molar-refractivity contribution in [2.75, 3.05) is 7.11 Å². The minimum absolute atomic E-state index is 0.404. The number of ether oxygens (including phenoxy) is 1. The highest BCUT2D eigenvalue weighted by atomic mass is 19.4. The van der Waals surface area contributed by atoms with E-state index in [1.807, 2.05) is 0 Å². The Balaban J connectivity index is 3.54. The van der Waals surface area contributed by atoms with Gasteiger partial charge in [0.1, 0.15) is 11.8 Å². The standard InChI is InChI=1S/C10H6F3NO3/c1-17-9(16)6-3-8(15)5(4-14)2-7(6)10(11,12)13/h2-3,15H,1H3. The molecule has 1 N–H and O–H groups in total. The predicted molar refractivity (Wildman–Crippen MR) is 49.2 cm³/mol. The normalized spacial score (nSPS) is 10.8. The van der Waals surface area contributed by atoms with Crippen molar-refractivity contribution in [3.63, 3.8) is 0 Å². The van der Waals surface area contributed by atoms with Crippen LogP contribution < -0.4 is 0 Å². The van der Waals surface area contributed by atoms with Crippen LogP contribution in [0.4, 0.5) is 13.2 Å². The summed E-state index contributed by atoms with van der Waals surface area (Å²) in [6, 6.07) is 2.36. The number of alkyl halides is 3. The number of phenolic OH excluding ortho intramolecular Hbond substituents is 1. The summed E-state index contributed by atoms with van der Waals surface area (Å²) in [4.78, 5) is 11.1. The number of esters is 1. The smallest absolute Gasteiger partial charge is 0.417 e. The van der Waals surface area contributed by atoms with Crippen LogP contribution in [-0.4, -0.2) is 18.2 Å². The molecule has 0 aliphatic carbocycles. The zero-order valence-corrected chi connectivity index (χ0v) is 8.50. The Kier molecular flexibility index (Phi) is 3.27. The molecule has 1 aromatic carbocycles. The van der Waals surface area contributed by atoms with Gasteiger partial charge in [-0.15, -0.1) is 0 Å². The molecule has 0 saturated heterocycles. The molecule has 7 heteroatoms. The van der Waals surface area contributed by atoms with Crippen molar-refractivity contribution in [1.82, 2.24) is 0 Å². The third-order valence-corrected chi connectivity index (χ3v) is 1.97. The molecule has 0 aromatic heterocycles. The number of methoxy groups -OCH3 is 1. The van der Waals surface area contributed by atoms with Gasteiger partial charge in [-0.1, -0.05) is 0 Å². The number of carbonyl (C=O) groups excluding carboxylic acids is 1. The molecule has 0 aliphatic heterocycles. The number of hydrogen-bond donors (Lipinski definition) is 1. The maximum atomic E-state index is 12.6. The molecule has 1 aromatic rings. The molecule has 4 nitrogen and oxygen atoms in total. The first-order valence-electron chi connectivity index (χ1n) is 4.24. The monoisotopic (exact) mass is 245 g/mol. The van der Waals surface area contributed by atoms with Gasteiger partial charge in [-0.2, -0.15) is 18.4 Å². The Labute approximate surface area is 93.8 Å². The van der Waals surface area contributed by atoms with Crippen LogP contribution in [0.5, 0.6) is 5.75 Å². The lowest BCUT2D eigenvalue weighted by Crippen LogP contribution is -2.14. The maximum absolute atomic E-state index is 12.6. The highest BCUT2D eigenvalue weighted by molar-refractivity contribution is 5.92. The zero-order valence-electron chi connectivity index (χ0n) is 8.50. The fourth-order valence-corrected chi connectivity index (χ4v) is 1.19. The third kappa shape index (κ3) is 2.47. The number of phenols is 1. The van der Waals surface area contributed by atoms with Crippen LogP contribution in [0.2, 0.25) is 0 Å². The molecular formula is C10H6F3NO3. The third-order valence-electron chi connectivity index (χ3n) is 1.97. The van der Waals surface area contributed by atoms with Crippen LogP contribution >= 0.6 is 0 Å². The number of benzene rings is 1. The molecular weight excluding hydrogens is 239 g/mol. The van der Waals surface area contributed by atoms with E-state index in [-0.39, 0.29) is 0 Å². The minimum Gasteiger partial charge on any atom is -0.507 e. The quantitative estimate of drug-likeness (QED) is 0.769. The van der Waals surface area contributed by atoms with Gasteiger partial charge in [-0.05, 0) is 12.1 Å². The molecule has 0 heterocycles. The van der Waals surface area contributed by atoms with E-state index in [0.717, 1.165) is 7.11 Å². The predicted octanol–water partition coefficient (Wildman–Crippen LogP) is 2.07. The van der Waals surface area contributed by atoms with Crippen molar-refractivity contribution < 1.29 is 27.8 Å². The van der Waals surface area contributed by atoms with E-state index in [4.69, 9.17) is 5.26 Å². The van der Waals surface area contributed by atoms with Gasteiger partial charge in [0.05, 0.1) is 23.8 Å².